The number of rotatable bonds is 4. The van der Waals surface area contributed by atoms with Gasteiger partial charge in [0.1, 0.15) is 5.01 Å². The van der Waals surface area contributed by atoms with Gasteiger partial charge in [0.15, 0.2) is 5.01 Å². The zero-order chi connectivity index (χ0) is 13.9. The average Bonchev–Trinajstić information content (AvgIpc) is 3.14. The summed E-state index contributed by atoms with van der Waals surface area (Å²) in [5.74, 6) is 0. The average molecular weight is 303 g/mol. The summed E-state index contributed by atoms with van der Waals surface area (Å²) in [6.07, 6.45) is 4.48. The van der Waals surface area contributed by atoms with Crippen molar-refractivity contribution in [2.75, 3.05) is 12.4 Å². The van der Waals surface area contributed by atoms with Crippen LogP contribution in [0.4, 0.5) is 5.13 Å². The highest BCUT2D eigenvalue weighted by Gasteiger charge is 2.16. The Kier molecular flexibility index (Phi) is 3.70. The zero-order valence-electron chi connectivity index (χ0n) is 11.1. The number of hydrogen-bond donors (Lipinski definition) is 1. The second-order valence-corrected chi connectivity index (χ2v) is 6.03. The van der Waals surface area contributed by atoms with Crippen LogP contribution in [-0.4, -0.2) is 27.2 Å². The molecular weight excluding hydrogens is 290 g/mol. The van der Waals surface area contributed by atoms with Crippen molar-refractivity contribution in [2.24, 2.45) is 0 Å². The van der Waals surface area contributed by atoms with Crippen LogP contribution in [0.2, 0.25) is 0 Å². The largest absolute Gasteiger partial charge is 0.363 e. The Morgan fingerprint density at radius 2 is 2.10 bits per heavy atom. The number of aryl methyl sites for hydroxylation is 1. The first-order chi connectivity index (χ1) is 9.81. The van der Waals surface area contributed by atoms with E-state index in [1.807, 2.05) is 25.4 Å². The van der Waals surface area contributed by atoms with Crippen molar-refractivity contribution in [1.29, 1.82) is 0 Å². The first-order valence-electron chi connectivity index (χ1n) is 6.23. The summed E-state index contributed by atoms with van der Waals surface area (Å²) in [5.41, 5.74) is 2.10. The van der Waals surface area contributed by atoms with Crippen LogP contribution in [0, 0.1) is 0 Å². The topological polar surface area (TPSA) is 63.6 Å². The van der Waals surface area contributed by atoms with Crippen LogP contribution in [-0.2, 0) is 6.42 Å². The van der Waals surface area contributed by atoms with E-state index in [0.29, 0.717) is 0 Å². The molecule has 3 aromatic heterocycles. The van der Waals surface area contributed by atoms with Crippen LogP contribution in [0.3, 0.4) is 0 Å². The highest BCUT2D eigenvalue weighted by molar-refractivity contribution is 7.24. The number of aromatic nitrogens is 4. The SMILES string of the molecule is CCc1nc(-c2cccnc2)sc1-c1nnc(NC)s1. The molecule has 0 saturated carbocycles. The van der Waals surface area contributed by atoms with E-state index in [1.165, 1.54) is 0 Å². The van der Waals surface area contributed by atoms with E-state index >= 15 is 0 Å². The van der Waals surface area contributed by atoms with Crippen molar-refractivity contribution < 1.29 is 0 Å². The normalized spacial score (nSPS) is 10.7. The minimum Gasteiger partial charge on any atom is -0.363 e. The molecule has 0 saturated heterocycles. The summed E-state index contributed by atoms with van der Waals surface area (Å²) < 4.78 is 0. The predicted octanol–water partition coefficient (Wildman–Crippen LogP) is 3.33. The number of hydrogen-bond acceptors (Lipinski definition) is 7. The molecule has 3 heterocycles. The van der Waals surface area contributed by atoms with Gasteiger partial charge in [-0.15, -0.1) is 21.5 Å². The standard InChI is InChI=1S/C13H13N5S2/c1-3-9-10(12-17-18-13(14-2)20-12)19-11(16-9)8-5-4-6-15-7-8/h4-7H,3H2,1-2H3,(H,14,18). The van der Waals surface area contributed by atoms with Crippen molar-refractivity contribution in [3.8, 4) is 20.5 Å². The molecule has 20 heavy (non-hydrogen) atoms. The number of pyridine rings is 1. The van der Waals surface area contributed by atoms with Crippen LogP contribution in [0.25, 0.3) is 20.5 Å². The Morgan fingerprint density at radius 1 is 1.20 bits per heavy atom. The minimum absolute atomic E-state index is 0.818. The molecule has 0 spiro atoms. The summed E-state index contributed by atoms with van der Waals surface area (Å²) in [7, 11) is 1.85. The van der Waals surface area contributed by atoms with Gasteiger partial charge in [0.2, 0.25) is 5.13 Å². The molecule has 3 rings (SSSR count). The molecule has 0 fully saturated rings. The van der Waals surface area contributed by atoms with E-state index in [1.54, 1.807) is 28.9 Å². The van der Waals surface area contributed by atoms with Gasteiger partial charge in [-0.2, -0.15) is 0 Å². The van der Waals surface area contributed by atoms with E-state index in [0.717, 1.165) is 37.7 Å². The van der Waals surface area contributed by atoms with Crippen molar-refractivity contribution in [1.82, 2.24) is 20.2 Å². The molecule has 3 aromatic rings. The lowest BCUT2D eigenvalue weighted by atomic mass is 10.3. The summed E-state index contributed by atoms with van der Waals surface area (Å²) in [6.45, 7) is 2.10. The molecule has 0 radical (unpaired) electrons. The van der Waals surface area contributed by atoms with Gasteiger partial charge >= 0.3 is 0 Å². The van der Waals surface area contributed by atoms with Crippen LogP contribution in [0.1, 0.15) is 12.6 Å². The Hall–Kier alpha value is -1.86. The molecule has 7 heteroatoms. The molecule has 0 aliphatic rings. The van der Waals surface area contributed by atoms with Crippen molar-refractivity contribution in [2.45, 2.75) is 13.3 Å². The maximum Gasteiger partial charge on any atom is 0.205 e. The van der Waals surface area contributed by atoms with E-state index in [2.05, 4.69) is 27.4 Å². The second kappa shape index (κ2) is 5.64. The molecule has 0 amide bonds. The maximum absolute atomic E-state index is 4.71. The third kappa shape index (κ3) is 2.41. The van der Waals surface area contributed by atoms with Gasteiger partial charge in [-0.3, -0.25) is 4.98 Å². The highest BCUT2D eigenvalue weighted by Crippen LogP contribution is 2.37. The number of nitrogens with zero attached hydrogens (tertiary/aromatic N) is 4. The molecule has 0 aromatic carbocycles. The molecule has 1 N–H and O–H groups in total. The number of thiazole rings is 1. The van der Waals surface area contributed by atoms with Crippen LogP contribution in [0.5, 0.6) is 0 Å². The van der Waals surface area contributed by atoms with Gasteiger partial charge in [0, 0.05) is 25.0 Å². The molecular formula is C13H13N5S2. The fraction of sp³-hybridized carbons (Fsp3) is 0.231. The molecule has 0 aliphatic carbocycles. The van der Waals surface area contributed by atoms with Gasteiger partial charge in [-0.25, -0.2) is 4.98 Å². The van der Waals surface area contributed by atoms with Gasteiger partial charge in [0.25, 0.3) is 0 Å². The van der Waals surface area contributed by atoms with Gasteiger partial charge in [-0.1, -0.05) is 18.3 Å². The highest BCUT2D eigenvalue weighted by atomic mass is 32.1. The second-order valence-electron chi connectivity index (χ2n) is 4.05. The molecule has 0 atom stereocenters. The van der Waals surface area contributed by atoms with Crippen molar-refractivity contribution >= 4 is 27.8 Å². The van der Waals surface area contributed by atoms with Crippen LogP contribution < -0.4 is 5.32 Å². The van der Waals surface area contributed by atoms with E-state index in [4.69, 9.17) is 4.98 Å². The molecule has 0 unspecified atom stereocenters. The third-order valence-corrected chi connectivity index (χ3v) is 5.01. The molecule has 5 nitrogen and oxygen atoms in total. The monoisotopic (exact) mass is 303 g/mol. The molecule has 102 valence electrons. The fourth-order valence-electron chi connectivity index (χ4n) is 1.79. The van der Waals surface area contributed by atoms with E-state index in [9.17, 15) is 0 Å². The van der Waals surface area contributed by atoms with E-state index in [-0.39, 0.29) is 0 Å². The van der Waals surface area contributed by atoms with Gasteiger partial charge < -0.3 is 5.32 Å². The quantitative estimate of drug-likeness (QED) is 0.801. The lowest BCUT2D eigenvalue weighted by Crippen LogP contribution is -1.85. The smallest absolute Gasteiger partial charge is 0.205 e. The van der Waals surface area contributed by atoms with Crippen LogP contribution in [0.15, 0.2) is 24.5 Å². The van der Waals surface area contributed by atoms with Gasteiger partial charge in [0.05, 0.1) is 10.6 Å². The summed E-state index contributed by atoms with van der Waals surface area (Å²) in [5, 5.41) is 14.0. The zero-order valence-corrected chi connectivity index (χ0v) is 12.8. The van der Waals surface area contributed by atoms with Crippen molar-refractivity contribution in [3.63, 3.8) is 0 Å². The Bertz CT molecular complexity index is 705. The van der Waals surface area contributed by atoms with Gasteiger partial charge in [-0.05, 0) is 18.6 Å². The Labute approximate surface area is 124 Å². The molecule has 0 aliphatic heterocycles. The maximum atomic E-state index is 4.71. The summed E-state index contributed by atoms with van der Waals surface area (Å²) in [6, 6.07) is 3.94. The van der Waals surface area contributed by atoms with Crippen LogP contribution >= 0.6 is 22.7 Å². The fourth-order valence-corrected chi connectivity index (χ4v) is 3.72. The van der Waals surface area contributed by atoms with Crippen molar-refractivity contribution in [3.05, 3.63) is 30.2 Å². The first-order valence-corrected chi connectivity index (χ1v) is 7.86. The summed E-state index contributed by atoms with van der Waals surface area (Å²) in [4.78, 5) is 9.96. The minimum atomic E-state index is 0.818. The Morgan fingerprint density at radius 3 is 2.75 bits per heavy atom. The third-order valence-electron chi connectivity index (χ3n) is 2.77. The van der Waals surface area contributed by atoms with E-state index < -0.39 is 0 Å². The first kappa shape index (κ1) is 13.1. The lowest BCUT2D eigenvalue weighted by Gasteiger charge is -1.92. The number of anilines is 1. The molecule has 0 bridgehead atoms. The lowest BCUT2D eigenvalue weighted by molar-refractivity contribution is 1.05. The number of nitrogens with one attached hydrogen (secondary N) is 1. The Balaban J connectivity index is 2.05. The summed E-state index contributed by atoms with van der Waals surface area (Å²) >= 11 is 3.19. The predicted molar refractivity (Wildman–Crippen MR) is 83.2 cm³/mol.